The zero-order valence-electron chi connectivity index (χ0n) is 19.5. The third-order valence-corrected chi connectivity index (χ3v) is 5.64. The van der Waals surface area contributed by atoms with Gasteiger partial charge in [0.15, 0.2) is 0 Å². The predicted molar refractivity (Wildman–Crippen MR) is 123 cm³/mol. The van der Waals surface area contributed by atoms with Gasteiger partial charge in [0.2, 0.25) is 5.91 Å². The molecular formula is C25H47NO3. The highest BCUT2D eigenvalue weighted by Crippen LogP contribution is 2.19. The van der Waals surface area contributed by atoms with Crippen molar-refractivity contribution in [3.63, 3.8) is 0 Å². The van der Waals surface area contributed by atoms with Crippen LogP contribution in [0.5, 0.6) is 0 Å². The summed E-state index contributed by atoms with van der Waals surface area (Å²) in [5.41, 5.74) is 0. The molecule has 0 fully saturated rings. The largest absolute Gasteiger partial charge is 0.481 e. The van der Waals surface area contributed by atoms with Crippen molar-refractivity contribution in [3.05, 3.63) is 12.2 Å². The number of aliphatic carboxylic acids is 1. The van der Waals surface area contributed by atoms with Crippen molar-refractivity contribution >= 4 is 11.9 Å². The van der Waals surface area contributed by atoms with Crippen LogP contribution >= 0.6 is 0 Å². The lowest BCUT2D eigenvalue weighted by Gasteiger charge is -2.24. The summed E-state index contributed by atoms with van der Waals surface area (Å²) in [6, 6.07) is 0. The van der Waals surface area contributed by atoms with Crippen molar-refractivity contribution in [2.75, 3.05) is 13.1 Å². The fourth-order valence-electron chi connectivity index (χ4n) is 3.79. The first-order chi connectivity index (χ1) is 14.1. The van der Waals surface area contributed by atoms with E-state index in [-0.39, 0.29) is 18.2 Å². The highest BCUT2D eigenvalue weighted by molar-refractivity contribution is 5.83. The second-order valence-electron chi connectivity index (χ2n) is 8.18. The molecule has 0 aliphatic carbocycles. The molecule has 1 N–H and O–H groups in total. The molecule has 0 rings (SSSR count). The van der Waals surface area contributed by atoms with Gasteiger partial charge in [-0.15, -0.1) is 0 Å². The standard InChI is InChI=1S/C25H47NO3/c1-4-7-8-9-10-11-12-13-14-15-16-17-18-19-20-21-23(22-24(27)28)25(29)26(5-2)6-3/h8-9,23H,4-7,10-22H2,1-3H3,(H,27,28)/b9-8+. The Hall–Kier alpha value is -1.32. The summed E-state index contributed by atoms with van der Waals surface area (Å²) in [6.45, 7) is 7.42. The number of rotatable bonds is 20. The molecule has 0 bridgehead atoms. The van der Waals surface area contributed by atoms with Gasteiger partial charge in [-0.05, 0) is 39.5 Å². The fraction of sp³-hybridized carbons (Fsp3) is 0.840. The summed E-state index contributed by atoms with van der Waals surface area (Å²) < 4.78 is 0. The van der Waals surface area contributed by atoms with Crippen molar-refractivity contribution in [1.29, 1.82) is 0 Å². The zero-order chi connectivity index (χ0) is 21.7. The third kappa shape index (κ3) is 16.2. The van der Waals surface area contributed by atoms with E-state index in [4.69, 9.17) is 5.11 Å². The Kier molecular flexibility index (Phi) is 19.1. The molecule has 4 nitrogen and oxygen atoms in total. The molecule has 0 radical (unpaired) electrons. The second kappa shape index (κ2) is 20.0. The first-order valence-electron chi connectivity index (χ1n) is 12.2. The lowest BCUT2D eigenvalue weighted by Crippen LogP contribution is -2.36. The highest BCUT2D eigenvalue weighted by atomic mass is 16.4. The minimum Gasteiger partial charge on any atom is -0.481 e. The average Bonchev–Trinajstić information content (AvgIpc) is 2.70. The normalized spacial score (nSPS) is 12.4. The van der Waals surface area contributed by atoms with E-state index < -0.39 is 5.97 Å². The summed E-state index contributed by atoms with van der Waals surface area (Å²) in [6.07, 6.45) is 21.5. The van der Waals surface area contributed by atoms with Crippen LogP contribution in [-0.2, 0) is 9.59 Å². The van der Waals surface area contributed by atoms with Crippen molar-refractivity contribution in [3.8, 4) is 0 Å². The van der Waals surface area contributed by atoms with Gasteiger partial charge in [-0.25, -0.2) is 0 Å². The van der Waals surface area contributed by atoms with Gasteiger partial charge in [-0.3, -0.25) is 9.59 Å². The maximum Gasteiger partial charge on any atom is 0.304 e. The average molecular weight is 410 g/mol. The van der Waals surface area contributed by atoms with Gasteiger partial charge in [0.1, 0.15) is 0 Å². The van der Waals surface area contributed by atoms with E-state index in [1.54, 1.807) is 4.90 Å². The van der Waals surface area contributed by atoms with E-state index in [2.05, 4.69) is 19.1 Å². The van der Waals surface area contributed by atoms with Gasteiger partial charge in [-0.1, -0.05) is 83.3 Å². The van der Waals surface area contributed by atoms with Gasteiger partial charge >= 0.3 is 5.97 Å². The number of carboxylic acids is 1. The lowest BCUT2D eigenvalue weighted by atomic mass is 9.95. The molecule has 0 aromatic rings. The van der Waals surface area contributed by atoms with E-state index in [1.165, 1.54) is 70.6 Å². The number of allylic oxidation sites excluding steroid dienone is 2. The topological polar surface area (TPSA) is 57.6 Å². The summed E-state index contributed by atoms with van der Waals surface area (Å²) in [5.74, 6) is -1.21. The minimum atomic E-state index is -0.868. The number of hydrogen-bond acceptors (Lipinski definition) is 2. The molecule has 0 aliphatic rings. The minimum absolute atomic E-state index is 0.0123. The molecule has 0 aliphatic heterocycles. The monoisotopic (exact) mass is 409 g/mol. The van der Waals surface area contributed by atoms with E-state index in [1.807, 2.05) is 13.8 Å². The summed E-state index contributed by atoms with van der Waals surface area (Å²) in [7, 11) is 0. The smallest absolute Gasteiger partial charge is 0.304 e. The van der Waals surface area contributed by atoms with Gasteiger partial charge in [0, 0.05) is 19.0 Å². The Morgan fingerprint density at radius 2 is 1.24 bits per heavy atom. The van der Waals surface area contributed by atoms with Crippen LogP contribution in [0.2, 0.25) is 0 Å². The van der Waals surface area contributed by atoms with Gasteiger partial charge in [0.05, 0.1) is 6.42 Å². The molecule has 1 atom stereocenters. The Morgan fingerprint density at radius 3 is 1.72 bits per heavy atom. The summed E-state index contributed by atoms with van der Waals surface area (Å²) >= 11 is 0. The molecular weight excluding hydrogens is 362 g/mol. The van der Waals surface area contributed by atoms with Crippen LogP contribution in [0.1, 0.15) is 117 Å². The summed E-state index contributed by atoms with van der Waals surface area (Å²) in [5, 5.41) is 9.11. The van der Waals surface area contributed by atoms with Crippen LogP contribution < -0.4 is 0 Å². The van der Waals surface area contributed by atoms with Gasteiger partial charge in [0.25, 0.3) is 0 Å². The predicted octanol–water partition coefficient (Wildman–Crippen LogP) is 6.98. The first-order valence-corrected chi connectivity index (χ1v) is 12.2. The van der Waals surface area contributed by atoms with Crippen molar-refractivity contribution in [2.45, 2.75) is 117 Å². The molecule has 4 heteroatoms. The molecule has 0 heterocycles. The fourth-order valence-corrected chi connectivity index (χ4v) is 3.79. The van der Waals surface area contributed by atoms with E-state index in [0.29, 0.717) is 19.5 Å². The SMILES string of the molecule is CCC/C=C/CCCCCCCCCCCCC(CC(=O)O)C(=O)N(CC)CC. The second-order valence-corrected chi connectivity index (χ2v) is 8.18. The van der Waals surface area contributed by atoms with E-state index in [9.17, 15) is 9.59 Å². The molecule has 0 aromatic heterocycles. The lowest BCUT2D eigenvalue weighted by molar-refractivity contribution is -0.144. The zero-order valence-corrected chi connectivity index (χ0v) is 19.5. The Balaban J connectivity index is 3.70. The Labute approximate surface area is 180 Å². The van der Waals surface area contributed by atoms with E-state index in [0.717, 1.165) is 12.8 Å². The molecule has 0 saturated carbocycles. The van der Waals surface area contributed by atoms with Crippen molar-refractivity contribution < 1.29 is 14.7 Å². The van der Waals surface area contributed by atoms with Crippen LogP contribution in [0.25, 0.3) is 0 Å². The highest BCUT2D eigenvalue weighted by Gasteiger charge is 2.24. The molecule has 0 spiro atoms. The first kappa shape index (κ1) is 27.7. The van der Waals surface area contributed by atoms with Crippen LogP contribution in [-0.4, -0.2) is 35.0 Å². The van der Waals surface area contributed by atoms with Crippen LogP contribution in [0.4, 0.5) is 0 Å². The molecule has 0 aromatic carbocycles. The van der Waals surface area contributed by atoms with Crippen LogP contribution in [0.15, 0.2) is 12.2 Å². The summed E-state index contributed by atoms with van der Waals surface area (Å²) in [4.78, 5) is 25.3. The number of hydrogen-bond donors (Lipinski definition) is 1. The number of carboxylic acid groups (broad SMARTS) is 1. The van der Waals surface area contributed by atoms with Crippen molar-refractivity contribution in [1.82, 2.24) is 4.90 Å². The number of carbonyl (C=O) groups is 2. The number of carbonyl (C=O) groups excluding carboxylic acids is 1. The molecule has 0 saturated heterocycles. The number of amides is 1. The maximum absolute atomic E-state index is 12.5. The third-order valence-electron chi connectivity index (χ3n) is 5.64. The Bertz CT molecular complexity index is 430. The Morgan fingerprint density at radius 1 is 0.759 bits per heavy atom. The van der Waals surface area contributed by atoms with Crippen molar-refractivity contribution in [2.24, 2.45) is 5.92 Å². The van der Waals surface area contributed by atoms with Crippen LogP contribution in [0, 0.1) is 5.92 Å². The van der Waals surface area contributed by atoms with Crippen LogP contribution in [0.3, 0.4) is 0 Å². The quantitative estimate of drug-likeness (QED) is 0.174. The molecule has 1 unspecified atom stereocenters. The maximum atomic E-state index is 12.5. The molecule has 170 valence electrons. The van der Waals surface area contributed by atoms with Gasteiger partial charge in [-0.2, -0.15) is 0 Å². The number of unbranched alkanes of at least 4 members (excludes halogenated alkanes) is 11. The number of nitrogens with zero attached hydrogens (tertiary/aromatic N) is 1. The van der Waals surface area contributed by atoms with E-state index >= 15 is 0 Å². The molecule has 1 amide bonds. The van der Waals surface area contributed by atoms with Gasteiger partial charge < -0.3 is 10.0 Å². The molecule has 29 heavy (non-hydrogen) atoms.